The van der Waals surface area contributed by atoms with Gasteiger partial charge in [0.05, 0.1) is 0 Å². The van der Waals surface area contributed by atoms with Crippen molar-refractivity contribution in [2.24, 2.45) is 5.73 Å². The average Bonchev–Trinajstić information content (AvgIpc) is 3.31. The fraction of sp³-hybridized carbons (Fsp3) is 0.677. The molecule has 1 unspecified atom stereocenters. The molecule has 4 fully saturated rings. The van der Waals surface area contributed by atoms with Crippen LogP contribution >= 0.6 is 0 Å². The zero-order valence-electron chi connectivity index (χ0n) is 24.1. The number of piperidine rings is 4. The van der Waals surface area contributed by atoms with Crippen LogP contribution in [-0.4, -0.2) is 107 Å². The fourth-order valence-electron chi connectivity index (χ4n) is 7.52. The molecule has 1 aromatic rings. The molecule has 5 heterocycles. The van der Waals surface area contributed by atoms with E-state index < -0.39 is 6.04 Å². The third kappa shape index (κ3) is 6.20. The summed E-state index contributed by atoms with van der Waals surface area (Å²) >= 11 is 0. The van der Waals surface area contributed by atoms with Gasteiger partial charge in [0.15, 0.2) is 0 Å². The lowest BCUT2D eigenvalue weighted by Crippen LogP contribution is -2.52. The number of likely N-dealkylation sites (tertiary alicyclic amines) is 3. The van der Waals surface area contributed by atoms with Crippen LogP contribution in [0.4, 0.5) is 0 Å². The highest BCUT2D eigenvalue weighted by Crippen LogP contribution is 2.34. The predicted molar refractivity (Wildman–Crippen MR) is 154 cm³/mol. The summed E-state index contributed by atoms with van der Waals surface area (Å²) < 4.78 is 0. The Kier molecular flexibility index (Phi) is 8.42. The lowest BCUT2D eigenvalue weighted by atomic mass is 9.86. The fourth-order valence-corrected chi connectivity index (χ4v) is 7.52. The van der Waals surface area contributed by atoms with Crippen molar-refractivity contribution in [3.63, 3.8) is 0 Å². The zero-order chi connectivity index (χ0) is 28.5. The van der Waals surface area contributed by atoms with Gasteiger partial charge in [0.25, 0.3) is 5.91 Å². The summed E-state index contributed by atoms with van der Waals surface area (Å²) in [5.74, 6) is 0.0215. The standard InChI is InChI=1S/C31H44N6O4/c32-24-7-17-36(18-8-24)29(39)11-14-34-12-9-25(10-13-34)35-15-5-21(6-16-35)22-1-2-26-23(19-22)20-37(31(26)41)27-3-4-28(38)33-30(27)40/h1-2,19,21,24-25,27H,3-18,20,32H2,(H,33,38,40). The number of nitrogens with zero attached hydrogens (tertiary/aromatic N) is 4. The molecule has 41 heavy (non-hydrogen) atoms. The molecule has 4 saturated heterocycles. The van der Waals surface area contributed by atoms with Crippen molar-refractivity contribution in [3.05, 3.63) is 34.9 Å². The molecule has 10 heteroatoms. The van der Waals surface area contributed by atoms with E-state index in [0.29, 0.717) is 36.9 Å². The number of hydrogen-bond acceptors (Lipinski definition) is 7. The largest absolute Gasteiger partial charge is 0.343 e. The number of hydrogen-bond donors (Lipinski definition) is 2. The number of imide groups is 1. The van der Waals surface area contributed by atoms with Crippen molar-refractivity contribution in [1.29, 1.82) is 0 Å². The summed E-state index contributed by atoms with van der Waals surface area (Å²) in [6.07, 6.45) is 7.66. The van der Waals surface area contributed by atoms with Crippen LogP contribution in [0, 0.1) is 0 Å². The third-order valence-electron chi connectivity index (χ3n) is 10.2. The van der Waals surface area contributed by atoms with E-state index in [1.807, 2.05) is 11.0 Å². The van der Waals surface area contributed by atoms with Gasteiger partial charge in [0.2, 0.25) is 17.7 Å². The van der Waals surface area contributed by atoms with Gasteiger partial charge in [0.1, 0.15) is 6.04 Å². The normalized spacial score (nSPS) is 26.0. The molecule has 0 radical (unpaired) electrons. The van der Waals surface area contributed by atoms with Gasteiger partial charge < -0.3 is 25.3 Å². The van der Waals surface area contributed by atoms with Crippen LogP contribution in [0.25, 0.3) is 0 Å². The number of carbonyl (C=O) groups excluding carboxylic acids is 4. The SMILES string of the molecule is NC1CCN(C(=O)CCN2CCC(N3CCC(c4ccc5c(c4)CN(C4CCC(=O)NC4=O)C5=O)CC3)CC2)CC1. The zero-order valence-corrected chi connectivity index (χ0v) is 24.1. The summed E-state index contributed by atoms with van der Waals surface area (Å²) in [4.78, 5) is 58.3. The molecule has 0 aromatic heterocycles. The van der Waals surface area contributed by atoms with Crippen LogP contribution in [0.15, 0.2) is 18.2 Å². The van der Waals surface area contributed by atoms with Gasteiger partial charge in [-0.3, -0.25) is 24.5 Å². The maximum absolute atomic E-state index is 13.0. The highest BCUT2D eigenvalue weighted by Gasteiger charge is 2.39. The Hall–Kier alpha value is -2.82. The first-order valence-electron chi connectivity index (χ1n) is 15.6. The summed E-state index contributed by atoms with van der Waals surface area (Å²) in [5, 5.41) is 2.38. The molecule has 0 bridgehead atoms. The highest BCUT2D eigenvalue weighted by molar-refractivity contribution is 6.05. The van der Waals surface area contributed by atoms with E-state index in [4.69, 9.17) is 5.73 Å². The molecule has 4 amide bonds. The van der Waals surface area contributed by atoms with Gasteiger partial charge in [-0.15, -0.1) is 0 Å². The monoisotopic (exact) mass is 564 g/mol. The second-order valence-electron chi connectivity index (χ2n) is 12.7. The Balaban J connectivity index is 0.949. The number of benzene rings is 1. The van der Waals surface area contributed by atoms with Crippen LogP contribution < -0.4 is 11.1 Å². The smallest absolute Gasteiger partial charge is 0.255 e. The van der Waals surface area contributed by atoms with Gasteiger partial charge in [-0.1, -0.05) is 12.1 Å². The van der Waals surface area contributed by atoms with E-state index in [1.165, 1.54) is 5.56 Å². The van der Waals surface area contributed by atoms with E-state index in [1.54, 1.807) is 4.90 Å². The Labute approximate surface area is 242 Å². The van der Waals surface area contributed by atoms with E-state index in [0.717, 1.165) is 89.9 Å². The molecule has 0 saturated carbocycles. The van der Waals surface area contributed by atoms with E-state index in [2.05, 4.69) is 27.2 Å². The lowest BCUT2D eigenvalue weighted by Gasteiger charge is -2.42. The van der Waals surface area contributed by atoms with Crippen molar-refractivity contribution in [2.45, 2.75) is 88.4 Å². The molecule has 6 rings (SSSR count). The maximum Gasteiger partial charge on any atom is 0.255 e. The van der Waals surface area contributed by atoms with E-state index >= 15 is 0 Å². The van der Waals surface area contributed by atoms with Crippen LogP contribution in [0.2, 0.25) is 0 Å². The molecule has 1 aromatic carbocycles. The predicted octanol–water partition coefficient (Wildman–Crippen LogP) is 1.43. The minimum absolute atomic E-state index is 0.109. The van der Waals surface area contributed by atoms with Gasteiger partial charge in [-0.25, -0.2) is 0 Å². The summed E-state index contributed by atoms with van der Waals surface area (Å²) in [5.41, 5.74) is 8.94. The van der Waals surface area contributed by atoms with E-state index in [9.17, 15) is 19.2 Å². The number of carbonyl (C=O) groups is 4. The molecule has 0 aliphatic carbocycles. The van der Waals surface area contributed by atoms with Crippen LogP contribution in [0.5, 0.6) is 0 Å². The van der Waals surface area contributed by atoms with Gasteiger partial charge in [-0.05, 0) is 94.2 Å². The topological polar surface area (TPSA) is 119 Å². The molecule has 3 N–H and O–H groups in total. The number of nitrogens with one attached hydrogen (secondary N) is 1. The van der Waals surface area contributed by atoms with Crippen molar-refractivity contribution in [2.75, 3.05) is 45.8 Å². The van der Waals surface area contributed by atoms with Crippen molar-refractivity contribution < 1.29 is 19.2 Å². The van der Waals surface area contributed by atoms with Crippen molar-refractivity contribution >= 4 is 23.6 Å². The van der Waals surface area contributed by atoms with Crippen LogP contribution in [0.3, 0.4) is 0 Å². The number of fused-ring (bicyclic) bond motifs is 1. The molecular formula is C31H44N6O4. The summed E-state index contributed by atoms with van der Waals surface area (Å²) in [6.45, 7) is 7.20. The first kappa shape index (κ1) is 28.3. The first-order valence-corrected chi connectivity index (χ1v) is 15.6. The molecular weight excluding hydrogens is 520 g/mol. The lowest BCUT2D eigenvalue weighted by molar-refractivity contribution is -0.137. The van der Waals surface area contributed by atoms with Crippen LogP contribution in [-0.2, 0) is 20.9 Å². The number of nitrogens with two attached hydrogens (primary N) is 1. The Morgan fingerprint density at radius 1 is 0.902 bits per heavy atom. The van der Waals surface area contributed by atoms with Gasteiger partial charge >= 0.3 is 0 Å². The van der Waals surface area contributed by atoms with Crippen molar-refractivity contribution in [3.8, 4) is 0 Å². The number of amides is 4. The minimum atomic E-state index is -0.569. The Morgan fingerprint density at radius 3 is 2.34 bits per heavy atom. The quantitative estimate of drug-likeness (QED) is 0.502. The second-order valence-corrected chi connectivity index (χ2v) is 12.7. The average molecular weight is 565 g/mol. The highest BCUT2D eigenvalue weighted by atomic mass is 16.2. The molecule has 222 valence electrons. The van der Waals surface area contributed by atoms with Gasteiger partial charge in [0, 0.05) is 56.7 Å². The minimum Gasteiger partial charge on any atom is -0.343 e. The Morgan fingerprint density at radius 2 is 1.63 bits per heavy atom. The summed E-state index contributed by atoms with van der Waals surface area (Å²) in [6, 6.07) is 6.51. The molecule has 5 aliphatic heterocycles. The van der Waals surface area contributed by atoms with Crippen LogP contribution in [0.1, 0.15) is 85.2 Å². The van der Waals surface area contributed by atoms with E-state index in [-0.39, 0.29) is 36.1 Å². The Bertz CT molecular complexity index is 1170. The molecule has 10 nitrogen and oxygen atoms in total. The number of rotatable bonds is 6. The molecule has 1 atom stereocenters. The van der Waals surface area contributed by atoms with Gasteiger partial charge in [-0.2, -0.15) is 0 Å². The first-order chi connectivity index (χ1) is 19.9. The third-order valence-corrected chi connectivity index (χ3v) is 10.2. The molecule has 0 spiro atoms. The summed E-state index contributed by atoms with van der Waals surface area (Å²) in [7, 11) is 0. The molecule has 5 aliphatic rings. The van der Waals surface area contributed by atoms with Crippen molar-refractivity contribution in [1.82, 2.24) is 24.9 Å². The maximum atomic E-state index is 13.0. The second kappa shape index (κ2) is 12.2.